The Hall–Kier alpha value is -2.92. The monoisotopic (exact) mass is 540 g/mol. The number of hydrogen-bond donors (Lipinski definition) is 0. The van der Waals surface area contributed by atoms with Crippen molar-refractivity contribution in [2.24, 2.45) is 11.8 Å². The molecule has 0 radical (unpaired) electrons. The zero-order valence-electron chi connectivity index (χ0n) is 22.6. The minimum atomic E-state index is -0.355. The van der Waals surface area contributed by atoms with Gasteiger partial charge in [0.2, 0.25) is 0 Å². The van der Waals surface area contributed by atoms with Crippen LogP contribution in [0.1, 0.15) is 56.1 Å². The Bertz CT molecular complexity index is 984. The Morgan fingerprint density at radius 1 is 0.667 bits per heavy atom. The first-order valence-electron chi connectivity index (χ1n) is 14.0. The van der Waals surface area contributed by atoms with Gasteiger partial charge in [0.25, 0.3) is 11.4 Å². The van der Waals surface area contributed by atoms with Crippen LogP contribution in [0.5, 0.6) is 0 Å². The third-order valence-electron chi connectivity index (χ3n) is 8.08. The summed E-state index contributed by atoms with van der Waals surface area (Å²) in [7, 11) is 0. The van der Waals surface area contributed by atoms with Crippen molar-refractivity contribution in [3.05, 3.63) is 79.9 Å². The van der Waals surface area contributed by atoms with Gasteiger partial charge in [-0.2, -0.15) is 0 Å². The minimum absolute atomic E-state index is 0.117. The van der Waals surface area contributed by atoms with Gasteiger partial charge in [-0.3, -0.25) is 30.0 Å². The van der Waals surface area contributed by atoms with E-state index < -0.39 is 0 Å². The molecule has 0 spiro atoms. The van der Waals surface area contributed by atoms with Crippen LogP contribution in [-0.2, 0) is 22.7 Å². The topological polar surface area (TPSA) is 111 Å². The van der Waals surface area contributed by atoms with Crippen molar-refractivity contribution in [2.45, 2.75) is 58.2 Å². The molecule has 0 aromatic heterocycles. The van der Waals surface area contributed by atoms with Crippen molar-refractivity contribution in [3.63, 3.8) is 0 Å². The van der Waals surface area contributed by atoms with Gasteiger partial charge in [0.1, 0.15) is 0 Å². The zero-order chi connectivity index (χ0) is 27.5. The summed E-state index contributed by atoms with van der Waals surface area (Å²) >= 11 is 0. The van der Waals surface area contributed by atoms with Crippen LogP contribution in [0.4, 0.5) is 11.4 Å². The second-order valence-corrected chi connectivity index (χ2v) is 10.8. The normalized spacial score (nSPS) is 17.8. The van der Waals surface area contributed by atoms with Crippen LogP contribution in [0, 0.1) is 32.1 Å². The molecule has 212 valence electrons. The maximum absolute atomic E-state index is 11.1. The number of nitro benzene ring substituents is 2. The average Bonchev–Trinajstić information content (AvgIpc) is 2.95. The quantitative estimate of drug-likeness (QED) is 0.220. The second-order valence-electron chi connectivity index (χ2n) is 10.8. The van der Waals surface area contributed by atoms with Gasteiger partial charge in [0, 0.05) is 38.3 Å². The molecule has 2 aromatic rings. The molecule has 2 aliphatic heterocycles. The van der Waals surface area contributed by atoms with Crippen molar-refractivity contribution >= 4 is 11.4 Å². The van der Waals surface area contributed by atoms with Gasteiger partial charge in [-0.1, -0.05) is 43.5 Å². The summed E-state index contributed by atoms with van der Waals surface area (Å²) in [6.07, 6.45) is 8.58. The number of likely N-dealkylation sites (tertiary alicyclic amines) is 2. The fraction of sp³-hybridized carbons (Fsp3) is 0.586. The maximum atomic E-state index is 11.1. The highest BCUT2D eigenvalue weighted by atomic mass is 16.6. The van der Waals surface area contributed by atoms with Crippen LogP contribution in [0.15, 0.2) is 48.5 Å². The lowest BCUT2D eigenvalue weighted by molar-refractivity contribution is -0.386. The molecule has 0 saturated carbocycles. The number of ether oxygens (including phenoxy) is 2. The summed E-state index contributed by atoms with van der Waals surface area (Å²) in [4.78, 5) is 26.2. The summed E-state index contributed by atoms with van der Waals surface area (Å²) in [6.45, 7) is 5.64. The summed E-state index contributed by atoms with van der Waals surface area (Å²) < 4.78 is 11.6. The molecule has 2 saturated heterocycles. The predicted octanol–water partition coefficient (Wildman–Crippen LogP) is 5.75. The van der Waals surface area contributed by atoms with Gasteiger partial charge >= 0.3 is 0 Å². The van der Waals surface area contributed by atoms with Crippen LogP contribution >= 0.6 is 0 Å². The molecule has 2 heterocycles. The first kappa shape index (κ1) is 29.1. The van der Waals surface area contributed by atoms with E-state index in [4.69, 9.17) is 9.47 Å². The molecule has 2 fully saturated rings. The lowest BCUT2D eigenvalue weighted by Gasteiger charge is -2.33. The van der Waals surface area contributed by atoms with E-state index in [9.17, 15) is 20.2 Å². The van der Waals surface area contributed by atoms with Gasteiger partial charge in [0.05, 0.1) is 47.6 Å². The van der Waals surface area contributed by atoms with Gasteiger partial charge in [-0.05, 0) is 49.7 Å². The lowest BCUT2D eigenvalue weighted by Crippen LogP contribution is -2.36. The first-order chi connectivity index (χ1) is 19.0. The fourth-order valence-corrected chi connectivity index (χ4v) is 5.70. The molecular weight excluding hydrogens is 500 g/mol. The first-order valence-corrected chi connectivity index (χ1v) is 14.0. The van der Waals surface area contributed by atoms with Crippen molar-refractivity contribution in [2.75, 3.05) is 39.6 Å². The van der Waals surface area contributed by atoms with Crippen LogP contribution in [0.3, 0.4) is 0 Å². The molecule has 0 bridgehead atoms. The molecule has 0 amide bonds. The SMILES string of the molecule is O=[N+]([O-])c1ccccc1COCN1CCC(CCCC2CCN(COCc3ccccc3[N+](=O)[O-])CC2)CC1. The van der Waals surface area contributed by atoms with Crippen LogP contribution in [0.25, 0.3) is 0 Å². The number of nitro groups is 2. The third kappa shape index (κ3) is 9.06. The fourth-order valence-electron chi connectivity index (χ4n) is 5.70. The minimum Gasteiger partial charge on any atom is -0.361 e. The van der Waals surface area contributed by atoms with E-state index in [1.165, 1.54) is 57.1 Å². The van der Waals surface area contributed by atoms with E-state index in [1.54, 1.807) is 36.4 Å². The third-order valence-corrected chi connectivity index (χ3v) is 8.08. The molecular formula is C29H40N4O6. The predicted molar refractivity (Wildman–Crippen MR) is 148 cm³/mol. The highest BCUT2D eigenvalue weighted by molar-refractivity contribution is 5.39. The number of benzene rings is 2. The Kier molecular flexibility index (Phi) is 11.2. The molecule has 4 rings (SSSR count). The van der Waals surface area contributed by atoms with Gasteiger partial charge in [-0.15, -0.1) is 0 Å². The maximum Gasteiger partial charge on any atom is 0.274 e. The van der Waals surface area contributed by atoms with E-state index in [0.29, 0.717) is 24.6 Å². The van der Waals surface area contributed by atoms with Crippen LogP contribution in [-0.4, -0.2) is 59.3 Å². The van der Waals surface area contributed by atoms with E-state index in [1.807, 2.05) is 0 Å². The van der Waals surface area contributed by atoms with E-state index in [0.717, 1.165) is 38.0 Å². The highest BCUT2D eigenvalue weighted by Crippen LogP contribution is 2.28. The summed E-state index contributed by atoms with van der Waals surface area (Å²) in [5.74, 6) is 1.54. The molecule has 0 N–H and O–H groups in total. The number of hydrogen-bond acceptors (Lipinski definition) is 8. The van der Waals surface area contributed by atoms with Crippen molar-refractivity contribution in [1.29, 1.82) is 0 Å². The van der Waals surface area contributed by atoms with Gasteiger partial charge in [-0.25, -0.2) is 0 Å². The number of para-hydroxylation sites is 2. The standard InChI is InChI=1S/C29H40N4O6/c34-32(35)28-10-3-1-8-26(28)20-38-22-30-16-12-24(13-17-30)6-5-7-25-14-18-31(19-15-25)23-39-21-27-9-2-4-11-29(27)33(36)37/h1-4,8-11,24-25H,5-7,12-23H2. The Balaban J connectivity index is 1.03. The molecule has 0 atom stereocenters. The Morgan fingerprint density at radius 2 is 1.05 bits per heavy atom. The van der Waals surface area contributed by atoms with Crippen molar-refractivity contribution < 1.29 is 19.3 Å². The van der Waals surface area contributed by atoms with Crippen molar-refractivity contribution in [1.82, 2.24) is 9.80 Å². The zero-order valence-corrected chi connectivity index (χ0v) is 22.6. The summed E-state index contributed by atoms with van der Waals surface area (Å²) in [5.41, 5.74) is 1.47. The van der Waals surface area contributed by atoms with Crippen molar-refractivity contribution in [3.8, 4) is 0 Å². The second kappa shape index (κ2) is 15.0. The molecule has 0 aliphatic carbocycles. The Labute approximate surface area is 230 Å². The number of rotatable bonds is 14. The average molecular weight is 541 g/mol. The lowest BCUT2D eigenvalue weighted by atomic mass is 9.87. The molecule has 10 nitrogen and oxygen atoms in total. The van der Waals surface area contributed by atoms with Gasteiger partial charge < -0.3 is 9.47 Å². The molecule has 10 heteroatoms. The highest BCUT2D eigenvalue weighted by Gasteiger charge is 2.22. The molecule has 2 aliphatic rings. The molecule has 39 heavy (non-hydrogen) atoms. The van der Waals surface area contributed by atoms with E-state index >= 15 is 0 Å². The number of piperidine rings is 2. The molecule has 2 aromatic carbocycles. The smallest absolute Gasteiger partial charge is 0.274 e. The van der Waals surface area contributed by atoms with E-state index in [-0.39, 0.29) is 34.4 Å². The van der Waals surface area contributed by atoms with Crippen LogP contribution < -0.4 is 0 Å². The van der Waals surface area contributed by atoms with E-state index in [2.05, 4.69) is 9.80 Å². The Morgan fingerprint density at radius 3 is 1.44 bits per heavy atom. The van der Waals surface area contributed by atoms with Gasteiger partial charge in [0.15, 0.2) is 0 Å². The largest absolute Gasteiger partial charge is 0.361 e. The summed E-state index contributed by atoms with van der Waals surface area (Å²) in [5, 5.41) is 22.3. The molecule has 0 unspecified atom stereocenters. The summed E-state index contributed by atoms with van der Waals surface area (Å²) in [6, 6.07) is 13.5. The number of nitrogens with zero attached hydrogens (tertiary/aromatic N) is 4. The van der Waals surface area contributed by atoms with Crippen LogP contribution in [0.2, 0.25) is 0 Å².